The van der Waals surface area contributed by atoms with E-state index in [2.05, 4.69) is 30.8 Å². The molecule has 4 N–H and O–H groups in total. The molecular formula is C10H10BrClN4O2S. The van der Waals surface area contributed by atoms with Crippen LogP contribution in [-0.2, 0) is 16.6 Å². The summed E-state index contributed by atoms with van der Waals surface area (Å²) < 4.78 is 27.3. The van der Waals surface area contributed by atoms with E-state index < -0.39 is 10.0 Å². The van der Waals surface area contributed by atoms with Gasteiger partial charge in [0.25, 0.3) is 10.0 Å². The Kier molecular flexibility index (Phi) is 4.14. The minimum absolute atomic E-state index is 0.0446. The third-order valence-electron chi connectivity index (χ3n) is 2.34. The van der Waals surface area contributed by atoms with Gasteiger partial charge in [-0.2, -0.15) is 13.5 Å². The van der Waals surface area contributed by atoms with Crippen LogP contribution in [0.15, 0.2) is 33.9 Å². The van der Waals surface area contributed by atoms with Crippen LogP contribution >= 0.6 is 27.5 Å². The number of aromatic amines is 1. The summed E-state index contributed by atoms with van der Waals surface area (Å²) in [4.78, 5) is 0. The number of benzene rings is 1. The first-order chi connectivity index (χ1) is 8.94. The Morgan fingerprint density at radius 2 is 2.21 bits per heavy atom. The van der Waals surface area contributed by atoms with Crippen LogP contribution in [-0.4, -0.2) is 18.6 Å². The zero-order valence-electron chi connectivity index (χ0n) is 9.52. The van der Waals surface area contributed by atoms with Gasteiger partial charge in [0.2, 0.25) is 0 Å². The molecule has 0 atom stereocenters. The Bertz CT molecular complexity index is 701. The van der Waals surface area contributed by atoms with Gasteiger partial charge in [0.1, 0.15) is 0 Å². The lowest BCUT2D eigenvalue weighted by Crippen LogP contribution is -2.16. The predicted molar refractivity (Wildman–Crippen MR) is 76.4 cm³/mol. The zero-order chi connectivity index (χ0) is 14.0. The molecule has 0 aliphatic rings. The maximum Gasteiger partial charge on any atom is 0.279 e. The van der Waals surface area contributed by atoms with E-state index in [1.165, 1.54) is 6.20 Å². The minimum Gasteiger partial charge on any atom is -0.326 e. The SMILES string of the molecule is NCc1cn[nH]c1S(=O)(=O)Nc1ccc(Cl)cc1Br. The van der Waals surface area contributed by atoms with Gasteiger partial charge in [-0.3, -0.25) is 9.82 Å². The van der Waals surface area contributed by atoms with Crippen LogP contribution in [0, 0.1) is 0 Å². The first-order valence-corrected chi connectivity index (χ1v) is 7.79. The predicted octanol–water partition coefficient (Wildman–Crippen LogP) is 2.09. The highest BCUT2D eigenvalue weighted by atomic mass is 79.9. The van der Waals surface area contributed by atoms with Gasteiger partial charge >= 0.3 is 0 Å². The summed E-state index contributed by atoms with van der Waals surface area (Å²) in [7, 11) is -3.77. The van der Waals surface area contributed by atoms with Gasteiger partial charge in [0, 0.05) is 21.6 Å². The van der Waals surface area contributed by atoms with Gasteiger partial charge in [-0.05, 0) is 34.1 Å². The standard InChI is InChI=1S/C10H10BrClN4O2S/c11-8-3-7(12)1-2-9(8)16-19(17,18)10-6(4-13)5-14-15-10/h1-3,5,16H,4,13H2,(H,14,15). The molecule has 102 valence electrons. The van der Waals surface area contributed by atoms with Crippen molar-refractivity contribution >= 4 is 43.2 Å². The molecule has 6 nitrogen and oxygen atoms in total. The molecule has 0 spiro atoms. The highest BCUT2D eigenvalue weighted by Gasteiger charge is 2.21. The summed E-state index contributed by atoms with van der Waals surface area (Å²) in [5, 5.41) is 6.56. The van der Waals surface area contributed by atoms with Crippen LogP contribution in [0.25, 0.3) is 0 Å². The van der Waals surface area contributed by atoms with E-state index >= 15 is 0 Å². The van der Waals surface area contributed by atoms with Crippen molar-refractivity contribution in [3.05, 3.63) is 39.5 Å². The number of sulfonamides is 1. The Hall–Kier alpha value is -1.09. The number of nitrogens with zero attached hydrogens (tertiary/aromatic N) is 1. The monoisotopic (exact) mass is 364 g/mol. The van der Waals surface area contributed by atoms with Crippen molar-refractivity contribution in [2.24, 2.45) is 5.73 Å². The van der Waals surface area contributed by atoms with Crippen molar-refractivity contribution in [2.45, 2.75) is 11.6 Å². The average molecular weight is 366 g/mol. The van der Waals surface area contributed by atoms with Gasteiger partial charge in [-0.25, -0.2) is 0 Å². The summed E-state index contributed by atoms with van der Waals surface area (Å²) in [5.41, 5.74) is 6.25. The van der Waals surface area contributed by atoms with Crippen molar-refractivity contribution in [1.82, 2.24) is 10.2 Å². The lowest BCUT2D eigenvalue weighted by molar-refractivity contribution is 0.596. The number of aromatic nitrogens is 2. The second kappa shape index (κ2) is 5.49. The molecule has 9 heteroatoms. The third-order valence-corrected chi connectivity index (χ3v) is 4.61. The molecular weight excluding hydrogens is 356 g/mol. The van der Waals surface area contributed by atoms with E-state index in [0.29, 0.717) is 20.7 Å². The number of nitrogens with two attached hydrogens (primary N) is 1. The number of nitrogens with one attached hydrogen (secondary N) is 2. The summed E-state index contributed by atoms with van der Waals surface area (Å²) in [6.45, 7) is 0.0779. The lowest BCUT2D eigenvalue weighted by Gasteiger charge is -2.09. The van der Waals surface area contributed by atoms with Crippen LogP contribution in [0.5, 0.6) is 0 Å². The van der Waals surface area contributed by atoms with Crippen LogP contribution < -0.4 is 10.5 Å². The summed E-state index contributed by atoms with van der Waals surface area (Å²) >= 11 is 9.03. The molecule has 1 aromatic heterocycles. The number of H-pyrrole nitrogens is 1. The maximum absolute atomic E-state index is 12.2. The maximum atomic E-state index is 12.2. The highest BCUT2D eigenvalue weighted by molar-refractivity contribution is 9.10. The Balaban J connectivity index is 2.37. The molecule has 0 saturated carbocycles. The van der Waals surface area contributed by atoms with Crippen molar-refractivity contribution in [1.29, 1.82) is 0 Å². The molecule has 2 rings (SSSR count). The van der Waals surface area contributed by atoms with Crippen molar-refractivity contribution in [3.8, 4) is 0 Å². The van der Waals surface area contributed by atoms with Gasteiger partial charge in [-0.15, -0.1) is 0 Å². The fraction of sp³-hybridized carbons (Fsp3) is 0.100. The molecule has 19 heavy (non-hydrogen) atoms. The Morgan fingerprint density at radius 3 is 2.84 bits per heavy atom. The molecule has 0 aliphatic carbocycles. The minimum atomic E-state index is -3.77. The van der Waals surface area contributed by atoms with E-state index in [-0.39, 0.29) is 11.6 Å². The number of anilines is 1. The largest absolute Gasteiger partial charge is 0.326 e. The topological polar surface area (TPSA) is 101 Å². The third kappa shape index (κ3) is 3.08. The van der Waals surface area contributed by atoms with Crippen LogP contribution in [0.2, 0.25) is 5.02 Å². The van der Waals surface area contributed by atoms with E-state index in [4.69, 9.17) is 17.3 Å². The average Bonchev–Trinajstić information content (AvgIpc) is 2.82. The quantitative estimate of drug-likeness (QED) is 0.772. The normalized spacial score (nSPS) is 11.5. The number of rotatable bonds is 4. The molecule has 0 bridgehead atoms. The van der Waals surface area contributed by atoms with Crippen molar-refractivity contribution in [3.63, 3.8) is 0 Å². The van der Waals surface area contributed by atoms with Crippen LogP contribution in [0.3, 0.4) is 0 Å². The van der Waals surface area contributed by atoms with Gasteiger partial charge in [0.15, 0.2) is 5.03 Å². The summed E-state index contributed by atoms with van der Waals surface area (Å²) in [5.74, 6) is 0. The van der Waals surface area contributed by atoms with E-state index in [1.54, 1.807) is 18.2 Å². The molecule has 0 radical (unpaired) electrons. The highest BCUT2D eigenvalue weighted by Crippen LogP contribution is 2.28. The van der Waals surface area contributed by atoms with Gasteiger partial charge < -0.3 is 5.73 Å². The summed E-state index contributed by atoms with van der Waals surface area (Å²) in [6.07, 6.45) is 1.38. The molecule has 1 heterocycles. The Morgan fingerprint density at radius 1 is 1.47 bits per heavy atom. The zero-order valence-corrected chi connectivity index (χ0v) is 12.7. The Labute approximate surface area is 123 Å². The van der Waals surface area contributed by atoms with Crippen LogP contribution in [0.1, 0.15) is 5.56 Å². The fourth-order valence-corrected chi connectivity index (χ4v) is 3.58. The lowest BCUT2D eigenvalue weighted by atomic mass is 10.3. The number of hydrogen-bond acceptors (Lipinski definition) is 4. The van der Waals surface area contributed by atoms with Crippen LogP contribution in [0.4, 0.5) is 5.69 Å². The fourth-order valence-electron chi connectivity index (χ4n) is 1.45. The first-order valence-electron chi connectivity index (χ1n) is 5.14. The smallest absolute Gasteiger partial charge is 0.279 e. The number of hydrogen-bond donors (Lipinski definition) is 3. The van der Waals surface area contributed by atoms with E-state index in [1.807, 2.05) is 0 Å². The van der Waals surface area contributed by atoms with Gasteiger partial charge in [-0.1, -0.05) is 11.6 Å². The first kappa shape index (κ1) is 14.3. The second-order valence-electron chi connectivity index (χ2n) is 3.66. The van der Waals surface area contributed by atoms with E-state index in [0.717, 1.165) is 0 Å². The number of halogens is 2. The molecule has 0 aliphatic heterocycles. The van der Waals surface area contributed by atoms with Crippen molar-refractivity contribution < 1.29 is 8.42 Å². The molecule has 0 fully saturated rings. The molecule has 0 unspecified atom stereocenters. The molecule has 1 aromatic carbocycles. The molecule has 2 aromatic rings. The van der Waals surface area contributed by atoms with E-state index in [9.17, 15) is 8.42 Å². The van der Waals surface area contributed by atoms with Gasteiger partial charge in [0.05, 0.1) is 11.9 Å². The van der Waals surface area contributed by atoms with Crippen molar-refractivity contribution in [2.75, 3.05) is 4.72 Å². The summed E-state index contributed by atoms with van der Waals surface area (Å²) in [6, 6.07) is 4.74. The molecule has 0 saturated heterocycles. The molecule has 0 amide bonds. The second-order valence-corrected chi connectivity index (χ2v) is 6.57.